The van der Waals surface area contributed by atoms with Crippen LogP contribution < -0.4 is 0 Å². The summed E-state index contributed by atoms with van der Waals surface area (Å²) in [5, 5.41) is 19.4. The van der Waals surface area contributed by atoms with E-state index in [1.807, 2.05) is 25.1 Å². The first-order valence-electron chi connectivity index (χ1n) is 6.22. The monoisotopic (exact) mass is 236 g/mol. The summed E-state index contributed by atoms with van der Waals surface area (Å²) in [6.07, 6.45) is 1.03. The Morgan fingerprint density at radius 1 is 1.24 bits per heavy atom. The Kier molecular flexibility index (Phi) is 4.15. The van der Waals surface area contributed by atoms with Crippen LogP contribution in [0.1, 0.15) is 25.3 Å². The molecule has 2 N–H and O–H groups in total. The van der Waals surface area contributed by atoms with Gasteiger partial charge in [0.2, 0.25) is 0 Å². The molecule has 1 heterocycles. The molecule has 0 amide bonds. The highest BCUT2D eigenvalue weighted by atomic mass is 16.6. The molecule has 3 nitrogen and oxygen atoms in total. The van der Waals surface area contributed by atoms with Crippen LogP contribution in [0.5, 0.6) is 0 Å². The molecular formula is C14H20O3. The molecule has 1 aromatic carbocycles. The van der Waals surface area contributed by atoms with Crippen molar-refractivity contribution in [1.29, 1.82) is 0 Å². The highest BCUT2D eigenvalue weighted by Crippen LogP contribution is 2.26. The fourth-order valence-electron chi connectivity index (χ4n) is 2.21. The Labute approximate surface area is 102 Å². The van der Waals surface area contributed by atoms with Crippen LogP contribution in [0.2, 0.25) is 0 Å². The van der Waals surface area contributed by atoms with E-state index in [1.165, 1.54) is 5.56 Å². The molecule has 0 saturated carbocycles. The minimum Gasteiger partial charge on any atom is -0.393 e. The van der Waals surface area contributed by atoms with Crippen LogP contribution in [-0.2, 0) is 11.2 Å². The third kappa shape index (κ3) is 3.28. The van der Waals surface area contributed by atoms with Crippen LogP contribution in [0.15, 0.2) is 30.3 Å². The SMILES string of the molecule is C[C@H]1[C@H](O)O[C@H](CCc2ccccc2)C[C@@H]1O. The number of hydrogen-bond donors (Lipinski definition) is 2. The predicted molar refractivity (Wildman–Crippen MR) is 65.4 cm³/mol. The lowest BCUT2D eigenvalue weighted by atomic mass is 9.92. The number of aliphatic hydroxyl groups excluding tert-OH is 2. The molecule has 0 aromatic heterocycles. The molecule has 1 aliphatic heterocycles. The van der Waals surface area contributed by atoms with E-state index >= 15 is 0 Å². The van der Waals surface area contributed by atoms with Gasteiger partial charge in [-0.25, -0.2) is 0 Å². The van der Waals surface area contributed by atoms with E-state index < -0.39 is 12.4 Å². The normalized spacial score (nSPS) is 33.6. The van der Waals surface area contributed by atoms with Crippen molar-refractivity contribution in [3.63, 3.8) is 0 Å². The first-order valence-corrected chi connectivity index (χ1v) is 6.22. The summed E-state index contributed by atoms with van der Waals surface area (Å²) in [6.45, 7) is 1.81. The lowest BCUT2D eigenvalue weighted by Gasteiger charge is -2.35. The summed E-state index contributed by atoms with van der Waals surface area (Å²) in [5.41, 5.74) is 1.26. The summed E-state index contributed by atoms with van der Waals surface area (Å²) < 4.78 is 5.49. The summed E-state index contributed by atoms with van der Waals surface area (Å²) in [4.78, 5) is 0. The van der Waals surface area contributed by atoms with Gasteiger partial charge in [-0.15, -0.1) is 0 Å². The largest absolute Gasteiger partial charge is 0.393 e. The molecule has 94 valence electrons. The van der Waals surface area contributed by atoms with Crippen molar-refractivity contribution >= 4 is 0 Å². The quantitative estimate of drug-likeness (QED) is 0.840. The molecule has 1 saturated heterocycles. The standard InChI is InChI=1S/C14H20O3/c1-10-13(15)9-12(17-14(10)16)8-7-11-5-3-2-4-6-11/h2-6,10,12-16H,7-9H2,1H3/t10-,12-,13+,14-/m1/s1. The van der Waals surface area contributed by atoms with E-state index in [9.17, 15) is 10.2 Å². The molecule has 1 aliphatic rings. The number of aliphatic hydroxyl groups is 2. The van der Waals surface area contributed by atoms with Crippen LogP contribution in [0, 0.1) is 5.92 Å². The highest BCUT2D eigenvalue weighted by molar-refractivity contribution is 5.14. The van der Waals surface area contributed by atoms with E-state index in [1.54, 1.807) is 0 Å². The molecule has 0 bridgehead atoms. The van der Waals surface area contributed by atoms with E-state index in [4.69, 9.17) is 4.74 Å². The van der Waals surface area contributed by atoms with Gasteiger partial charge in [-0.05, 0) is 18.4 Å². The molecule has 0 aliphatic carbocycles. The molecule has 2 rings (SSSR count). The summed E-state index contributed by atoms with van der Waals surface area (Å²) >= 11 is 0. The van der Waals surface area contributed by atoms with Crippen LogP contribution in [0.3, 0.4) is 0 Å². The van der Waals surface area contributed by atoms with Gasteiger partial charge in [0.15, 0.2) is 6.29 Å². The van der Waals surface area contributed by atoms with Gasteiger partial charge < -0.3 is 14.9 Å². The Hall–Kier alpha value is -0.900. The summed E-state index contributed by atoms with van der Waals surface area (Å²) in [7, 11) is 0. The van der Waals surface area contributed by atoms with Gasteiger partial charge in [-0.1, -0.05) is 37.3 Å². The summed E-state index contributed by atoms with van der Waals surface area (Å²) in [6, 6.07) is 10.2. The van der Waals surface area contributed by atoms with Crippen molar-refractivity contribution in [3.05, 3.63) is 35.9 Å². The Bertz CT molecular complexity index is 327. The molecule has 0 unspecified atom stereocenters. The lowest BCUT2D eigenvalue weighted by Crippen LogP contribution is -2.42. The van der Waals surface area contributed by atoms with Crippen LogP contribution in [0.25, 0.3) is 0 Å². The Balaban J connectivity index is 1.84. The molecular weight excluding hydrogens is 216 g/mol. The highest BCUT2D eigenvalue weighted by Gasteiger charge is 2.33. The Morgan fingerprint density at radius 2 is 1.94 bits per heavy atom. The van der Waals surface area contributed by atoms with Gasteiger partial charge in [0.25, 0.3) is 0 Å². The number of hydrogen-bond acceptors (Lipinski definition) is 3. The van der Waals surface area contributed by atoms with E-state index in [0.717, 1.165) is 12.8 Å². The van der Waals surface area contributed by atoms with Crippen molar-refractivity contribution in [2.24, 2.45) is 5.92 Å². The molecule has 3 heteroatoms. The molecule has 4 atom stereocenters. The molecule has 1 aromatic rings. The number of ether oxygens (including phenoxy) is 1. The maximum absolute atomic E-state index is 9.78. The van der Waals surface area contributed by atoms with Gasteiger partial charge in [-0.2, -0.15) is 0 Å². The second-order valence-electron chi connectivity index (χ2n) is 4.84. The number of rotatable bonds is 3. The van der Waals surface area contributed by atoms with Crippen LogP contribution in [0.4, 0.5) is 0 Å². The van der Waals surface area contributed by atoms with Crippen molar-refractivity contribution in [3.8, 4) is 0 Å². The third-order valence-corrected chi connectivity index (χ3v) is 3.49. The zero-order valence-corrected chi connectivity index (χ0v) is 10.1. The van der Waals surface area contributed by atoms with Crippen molar-refractivity contribution in [2.45, 2.75) is 44.7 Å². The second kappa shape index (κ2) is 5.63. The minimum atomic E-state index is -0.834. The first kappa shape index (κ1) is 12.6. The fraction of sp³-hybridized carbons (Fsp3) is 0.571. The molecule has 0 spiro atoms. The maximum atomic E-state index is 9.78. The number of aryl methyl sites for hydroxylation is 1. The minimum absolute atomic E-state index is 0.0450. The lowest BCUT2D eigenvalue weighted by molar-refractivity contribution is -0.221. The van der Waals surface area contributed by atoms with Crippen molar-refractivity contribution < 1.29 is 14.9 Å². The average Bonchev–Trinajstić information content (AvgIpc) is 2.34. The van der Waals surface area contributed by atoms with Crippen molar-refractivity contribution in [1.82, 2.24) is 0 Å². The molecule has 1 fully saturated rings. The zero-order valence-electron chi connectivity index (χ0n) is 10.1. The predicted octanol–water partition coefficient (Wildman–Crippen LogP) is 1.72. The van der Waals surface area contributed by atoms with Crippen LogP contribution in [-0.4, -0.2) is 28.7 Å². The van der Waals surface area contributed by atoms with Gasteiger partial charge in [-0.3, -0.25) is 0 Å². The Morgan fingerprint density at radius 3 is 2.59 bits per heavy atom. The van der Waals surface area contributed by atoms with E-state index in [0.29, 0.717) is 6.42 Å². The second-order valence-corrected chi connectivity index (χ2v) is 4.84. The topological polar surface area (TPSA) is 49.7 Å². The van der Waals surface area contributed by atoms with Crippen LogP contribution >= 0.6 is 0 Å². The average molecular weight is 236 g/mol. The zero-order chi connectivity index (χ0) is 12.3. The maximum Gasteiger partial charge on any atom is 0.159 e. The fourth-order valence-corrected chi connectivity index (χ4v) is 2.21. The van der Waals surface area contributed by atoms with Gasteiger partial charge in [0.1, 0.15) is 0 Å². The van der Waals surface area contributed by atoms with E-state index in [-0.39, 0.29) is 12.0 Å². The first-order chi connectivity index (χ1) is 8.16. The van der Waals surface area contributed by atoms with Crippen molar-refractivity contribution in [2.75, 3.05) is 0 Å². The van der Waals surface area contributed by atoms with Gasteiger partial charge >= 0.3 is 0 Å². The van der Waals surface area contributed by atoms with Gasteiger partial charge in [0.05, 0.1) is 12.2 Å². The van der Waals surface area contributed by atoms with E-state index in [2.05, 4.69) is 12.1 Å². The smallest absolute Gasteiger partial charge is 0.159 e. The molecule has 0 radical (unpaired) electrons. The molecule has 17 heavy (non-hydrogen) atoms. The summed E-state index contributed by atoms with van der Waals surface area (Å²) in [5.74, 6) is -0.192. The van der Waals surface area contributed by atoms with Gasteiger partial charge in [0, 0.05) is 12.3 Å². The third-order valence-electron chi connectivity index (χ3n) is 3.49. The number of benzene rings is 1.